The lowest BCUT2D eigenvalue weighted by Crippen LogP contribution is -1.85. The molecule has 0 N–H and O–H groups in total. The average Bonchev–Trinajstić information content (AvgIpc) is 2.53. The lowest BCUT2D eigenvalue weighted by atomic mass is 10.1. The molecule has 0 bridgehead atoms. The summed E-state index contributed by atoms with van der Waals surface area (Å²) in [5, 5.41) is 2.60. The summed E-state index contributed by atoms with van der Waals surface area (Å²) in [6.45, 7) is 3.88. The van der Waals surface area contributed by atoms with E-state index >= 15 is 0 Å². The van der Waals surface area contributed by atoms with E-state index in [0.717, 1.165) is 5.75 Å². The van der Waals surface area contributed by atoms with E-state index < -0.39 is 0 Å². The van der Waals surface area contributed by atoms with E-state index in [1.54, 1.807) is 0 Å². The fourth-order valence-electron chi connectivity index (χ4n) is 2.28. The van der Waals surface area contributed by atoms with Gasteiger partial charge in [0.1, 0.15) is 0 Å². The van der Waals surface area contributed by atoms with Gasteiger partial charge in [0.05, 0.1) is 0 Å². The Morgan fingerprint density at radius 3 is 2.45 bits per heavy atom. The van der Waals surface area contributed by atoms with Crippen molar-refractivity contribution in [1.29, 1.82) is 0 Å². The molecule has 0 amide bonds. The minimum atomic E-state index is 0.973. The van der Waals surface area contributed by atoms with E-state index in [0.29, 0.717) is 0 Å². The summed E-state index contributed by atoms with van der Waals surface area (Å²) in [6.07, 6.45) is 1.93. The van der Waals surface area contributed by atoms with Crippen molar-refractivity contribution < 1.29 is 0 Å². The Kier molecular flexibility index (Phi) is 3.89. The Morgan fingerprint density at radius 2 is 1.60 bits per heavy atom. The van der Waals surface area contributed by atoms with Crippen LogP contribution in [0.3, 0.4) is 0 Å². The topological polar surface area (TPSA) is 0 Å². The van der Waals surface area contributed by atoms with Crippen molar-refractivity contribution in [2.45, 2.75) is 10.6 Å². The van der Waals surface area contributed by atoms with Gasteiger partial charge < -0.3 is 0 Å². The SMILES string of the molecule is C=Cc1ccccc1CSc1ccc2ccccc2c1. The van der Waals surface area contributed by atoms with Crippen LogP contribution in [0.2, 0.25) is 0 Å². The molecule has 0 saturated carbocycles. The van der Waals surface area contributed by atoms with Crippen molar-refractivity contribution >= 4 is 28.6 Å². The number of hydrogen-bond acceptors (Lipinski definition) is 1. The molecule has 0 radical (unpaired) electrons. The molecule has 3 aromatic rings. The van der Waals surface area contributed by atoms with Gasteiger partial charge in [0.15, 0.2) is 0 Å². The highest BCUT2D eigenvalue weighted by Gasteiger charge is 2.01. The molecule has 1 heteroatoms. The fraction of sp³-hybridized carbons (Fsp3) is 0.0526. The smallest absolute Gasteiger partial charge is 0.0237 e. The molecule has 20 heavy (non-hydrogen) atoms. The number of thioether (sulfide) groups is 1. The van der Waals surface area contributed by atoms with E-state index in [1.807, 2.05) is 17.8 Å². The summed E-state index contributed by atoms with van der Waals surface area (Å²) >= 11 is 1.87. The molecular formula is C19H16S. The summed E-state index contributed by atoms with van der Waals surface area (Å²) in [7, 11) is 0. The van der Waals surface area contributed by atoms with E-state index in [1.165, 1.54) is 26.8 Å². The summed E-state index contributed by atoms with van der Waals surface area (Å²) in [4.78, 5) is 1.31. The molecule has 0 aliphatic heterocycles. The molecule has 3 rings (SSSR count). The molecule has 0 aliphatic rings. The van der Waals surface area contributed by atoms with Gasteiger partial charge in [-0.1, -0.05) is 67.3 Å². The predicted molar refractivity (Wildman–Crippen MR) is 90.0 cm³/mol. The van der Waals surface area contributed by atoms with Crippen molar-refractivity contribution in [3.05, 3.63) is 84.4 Å². The standard InChI is InChI=1S/C19H16S/c1-2-15-7-3-6-10-18(15)14-20-19-12-11-16-8-4-5-9-17(16)13-19/h2-13H,1,14H2. The second-order valence-electron chi connectivity index (χ2n) is 4.70. The van der Waals surface area contributed by atoms with Gasteiger partial charge in [-0.2, -0.15) is 0 Å². The van der Waals surface area contributed by atoms with Crippen molar-refractivity contribution in [3.8, 4) is 0 Å². The van der Waals surface area contributed by atoms with Gasteiger partial charge >= 0.3 is 0 Å². The lowest BCUT2D eigenvalue weighted by molar-refractivity contribution is 1.37. The molecular weight excluding hydrogens is 260 g/mol. The molecule has 0 heterocycles. The van der Waals surface area contributed by atoms with E-state index in [9.17, 15) is 0 Å². The molecule has 0 atom stereocenters. The van der Waals surface area contributed by atoms with Crippen LogP contribution in [0.15, 0.2) is 78.2 Å². The molecule has 0 nitrogen and oxygen atoms in total. The Labute approximate surface area is 124 Å². The molecule has 98 valence electrons. The van der Waals surface area contributed by atoms with E-state index in [-0.39, 0.29) is 0 Å². The Balaban J connectivity index is 1.81. The number of benzene rings is 3. The second kappa shape index (κ2) is 5.98. The highest BCUT2D eigenvalue weighted by atomic mass is 32.2. The van der Waals surface area contributed by atoms with Crippen LogP contribution in [-0.2, 0) is 5.75 Å². The first-order chi connectivity index (χ1) is 9.86. The van der Waals surface area contributed by atoms with Crippen molar-refractivity contribution in [2.75, 3.05) is 0 Å². The maximum atomic E-state index is 3.88. The molecule has 0 fully saturated rings. The molecule has 3 aromatic carbocycles. The molecule has 0 unspecified atom stereocenters. The van der Waals surface area contributed by atoms with Gasteiger partial charge in [-0.25, -0.2) is 0 Å². The first-order valence-electron chi connectivity index (χ1n) is 6.69. The summed E-state index contributed by atoms with van der Waals surface area (Å²) in [5.74, 6) is 0.973. The van der Waals surface area contributed by atoms with Crippen LogP contribution in [-0.4, -0.2) is 0 Å². The first-order valence-corrected chi connectivity index (χ1v) is 7.67. The average molecular weight is 276 g/mol. The van der Waals surface area contributed by atoms with Crippen LogP contribution in [0.4, 0.5) is 0 Å². The zero-order valence-electron chi connectivity index (χ0n) is 11.3. The monoisotopic (exact) mass is 276 g/mol. The predicted octanol–water partition coefficient (Wildman–Crippen LogP) is 5.78. The second-order valence-corrected chi connectivity index (χ2v) is 5.75. The highest BCUT2D eigenvalue weighted by Crippen LogP contribution is 2.27. The van der Waals surface area contributed by atoms with Gasteiger partial charge in [0.2, 0.25) is 0 Å². The van der Waals surface area contributed by atoms with Gasteiger partial charge in [-0.05, 0) is 34.0 Å². The maximum absolute atomic E-state index is 3.88. The summed E-state index contributed by atoms with van der Waals surface area (Å²) in [6, 6.07) is 23.6. The fourth-order valence-corrected chi connectivity index (χ4v) is 3.24. The minimum Gasteiger partial charge on any atom is -0.121 e. The molecule has 0 saturated heterocycles. The molecule has 0 spiro atoms. The van der Waals surface area contributed by atoms with Crippen LogP contribution >= 0.6 is 11.8 Å². The van der Waals surface area contributed by atoms with E-state index in [4.69, 9.17) is 0 Å². The van der Waals surface area contributed by atoms with Crippen LogP contribution in [0.25, 0.3) is 16.8 Å². The number of fused-ring (bicyclic) bond motifs is 1. The number of rotatable bonds is 4. The van der Waals surface area contributed by atoms with Crippen molar-refractivity contribution in [1.82, 2.24) is 0 Å². The van der Waals surface area contributed by atoms with Crippen LogP contribution in [0, 0.1) is 0 Å². The first kappa shape index (κ1) is 13.0. The third-order valence-corrected chi connectivity index (χ3v) is 4.43. The zero-order valence-corrected chi connectivity index (χ0v) is 12.1. The Hall–Kier alpha value is -1.99. The molecule has 0 aromatic heterocycles. The third kappa shape index (κ3) is 2.78. The van der Waals surface area contributed by atoms with Gasteiger partial charge in [-0.15, -0.1) is 11.8 Å². The van der Waals surface area contributed by atoms with Gasteiger partial charge in [0.25, 0.3) is 0 Å². The van der Waals surface area contributed by atoms with Crippen LogP contribution in [0.5, 0.6) is 0 Å². The van der Waals surface area contributed by atoms with Gasteiger partial charge in [-0.3, -0.25) is 0 Å². The van der Waals surface area contributed by atoms with Crippen LogP contribution < -0.4 is 0 Å². The number of hydrogen-bond donors (Lipinski definition) is 0. The van der Waals surface area contributed by atoms with Crippen molar-refractivity contribution in [2.24, 2.45) is 0 Å². The van der Waals surface area contributed by atoms with Crippen LogP contribution in [0.1, 0.15) is 11.1 Å². The van der Waals surface area contributed by atoms with E-state index in [2.05, 4.69) is 73.3 Å². The Morgan fingerprint density at radius 1 is 0.850 bits per heavy atom. The lowest BCUT2D eigenvalue weighted by Gasteiger charge is -2.07. The summed E-state index contributed by atoms with van der Waals surface area (Å²) in [5.41, 5.74) is 2.56. The zero-order chi connectivity index (χ0) is 13.8. The Bertz CT molecular complexity index is 743. The minimum absolute atomic E-state index is 0.973. The highest BCUT2D eigenvalue weighted by molar-refractivity contribution is 7.98. The normalized spacial score (nSPS) is 10.6. The van der Waals surface area contributed by atoms with Crippen molar-refractivity contribution in [3.63, 3.8) is 0 Å². The molecule has 0 aliphatic carbocycles. The quantitative estimate of drug-likeness (QED) is 0.545. The van der Waals surface area contributed by atoms with Gasteiger partial charge in [0, 0.05) is 10.6 Å². The maximum Gasteiger partial charge on any atom is 0.0237 e. The largest absolute Gasteiger partial charge is 0.121 e. The summed E-state index contributed by atoms with van der Waals surface area (Å²) < 4.78 is 0. The third-order valence-electron chi connectivity index (χ3n) is 3.39.